The van der Waals surface area contributed by atoms with Crippen LogP contribution in [-0.2, 0) is 0 Å². The second-order valence-corrected chi connectivity index (χ2v) is 14.7. The minimum atomic E-state index is 0. The normalized spacial score (nSPS) is 14.9. The van der Waals surface area contributed by atoms with Crippen LogP contribution in [0.4, 0.5) is 0 Å². The average molecular weight is 509 g/mol. The quantitative estimate of drug-likeness (QED) is 0.349. The van der Waals surface area contributed by atoms with Crippen LogP contribution in [0.25, 0.3) is 0 Å². The molecule has 2 N–H and O–H groups in total. The molecular formula is C29H69ClN4. The van der Waals surface area contributed by atoms with Crippen molar-refractivity contribution in [1.29, 1.82) is 0 Å². The van der Waals surface area contributed by atoms with Gasteiger partial charge in [0.1, 0.15) is 0 Å². The molecule has 5 heteroatoms. The van der Waals surface area contributed by atoms with Gasteiger partial charge in [-0.3, -0.25) is 0 Å². The summed E-state index contributed by atoms with van der Waals surface area (Å²) in [5.41, 5.74) is 6.33. The second kappa shape index (κ2) is 20.2. The molecular weight excluding hydrogens is 440 g/mol. The highest BCUT2D eigenvalue weighted by Crippen LogP contribution is 2.24. The van der Waals surface area contributed by atoms with E-state index in [9.17, 15) is 0 Å². The standard InChI is InChI=1S/2C10H23N.C5H12ClN.C4H11N/c1-9(8-11(5)6)7-10(2,3)4;1-9(11(5)6)7-8-10(2,3)4;1-5(4-6)7(2)3;1-4(2,3)5/h2*9H,7-8H2,1-6H3;5H,4H2,1-3H3;5H2,1-3H3. The van der Waals surface area contributed by atoms with E-state index < -0.39 is 0 Å². The van der Waals surface area contributed by atoms with E-state index in [-0.39, 0.29) is 5.54 Å². The predicted molar refractivity (Wildman–Crippen MR) is 161 cm³/mol. The Kier molecular flexibility index (Phi) is 24.5. The molecule has 0 saturated carbocycles. The molecule has 34 heavy (non-hydrogen) atoms. The molecule has 3 unspecified atom stereocenters. The maximum atomic E-state index is 5.51. The van der Waals surface area contributed by atoms with Crippen LogP contribution in [0.2, 0.25) is 0 Å². The zero-order chi connectivity index (χ0) is 28.5. The van der Waals surface area contributed by atoms with Gasteiger partial charge in [0, 0.05) is 30.0 Å². The van der Waals surface area contributed by atoms with E-state index in [4.69, 9.17) is 17.3 Å². The van der Waals surface area contributed by atoms with Crippen LogP contribution in [0.1, 0.15) is 102 Å². The molecule has 0 aliphatic rings. The fraction of sp³-hybridized carbons (Fsp3) is 1.00. The predicted octanol–water partition coefficient (Wildman–Crippen LogP) is 7.30. The van der Waals surface area contributed by atoms with Crippen molar-refractivity contribution in [3.05, 3.63) is 0 Å². The Morgan fingerprint density at radius 2 is 1.03 bits per heavy atom. The number of nitrogens with two attached hydrogens (primary N) is 1. The SMILES string of the molecule is CC(C)(C)N.CC(CCC(C)(C)C)N(C)C.CC(CCl)N(C)C.CC(CN(C)C)CC(C)(C)C. The third-order valence-electron chi connectivity index (χ3n) is 4.94. The molecule has 0 radical (unpaired) electrons. The van der Waals surface area contributed by atoms with Crippen molar-refractivity contribution < 1.29 is 0 Å². The summed E-state index contributed by atoms with van der Waals surface area (Å²) in [7, 11) is 12.6. The summed E-state index contributed by atoms with van der Waals surface area (Å²) in [6, 6.07) is 1.22. The molecule has 0 fully saturated rings. The lowest BCUT2D eigenvalue weighted by molar-refractivity contribution is 0.252. The number of rotatable bonds is 8. The summed E-state index contributed by atoms with van der Waals surface area (Å²) in [4.78, 5) is 6.63. The number of hydrogen-bond donors (Lipinski definition) is 1. The third-order valence-corrected chi connectivity index (χ3v) is 5.38. The lowest BCUT2D eigenvalue weighted by atomic mass is 9.85. The van der Waals surface area contributed by atoms with E-state index in [1.807, 2.05) is 34.9 Å². The summed E-state index contributed by atoms with van der Waals surface area (Å²) in [6.07, 6.45) is 3.92. The van der Waals surface area contributed by atoms with Crippen molar-refractivity contribution in [2.45, 2.75) is 120 Å². The average Bonchev–Trinajstić information content (AvgIpc) is 2.55. The highest BCUT2D eigenvalue weighted by atomic mass is 35.5. The van der Waals surface area contributed by atoms with Gasteiger partial charge in [-0.2, -0.15) is 0 Å². The fourth-order valence-electron chi connectivity index (χ4n) is 2.77. The van der Waals surface area contributed by atoms with Crippen molar-refractivity contribution in [2.24, 2.45) is 22.5 Å². The largest absolute Gasteiger partial charge is 0.326 e. The molecule has 0 aromatic heterocycles. The van der Waals surface area contributed by atoms with Crippen LogP contribution < -0.4 is 5.73 Å². The summed E-state index contributed by atoms with van der Waals surface area (Å²) in [6.45, 7) is 27.6. The molecule has 0 bridgehead atoms. The molecule has 0 aliphatic carbocycles. The number of nitrogens with zero attached hydrogens (tertiary/aromatic N) is 3. The molecule has 0 saturated heterocycles. The van der Waals surface area contributed by atoms with E-state index in [2.05, 4.69) is 105 Å². The Labute approximate surface area is 223 Å². The minimum absolute atomic E-state index is 0. The van der Waals surface area contributed by atoms with Gasteiger partial charge in [0.25, 0.3) is 0 Å². The van der Waals surface area contributed by atoms with Gasteiger partial charge in [-0.05, 0) is 113 Å². The van der Waals surface area contributed by atoms with Gasteiger partial charge in [0.15, 0.2) is 0 Å². The Balaban J connectivity index is -0.000000184. The smallest absolute Gasteiger partial charge is 0.0376 e. The number of alkyl halides is 1. The van der Waals surface area contributed by atoms with Crippen LogP contribution in [-0.4, -0.2) is 87.0 Å². The van der Waals surface area contributed by atoms with E-state index in [1.165, 1.54) is 25.8 Å². The van der Waals surface area contributed by atoms with Crippen molar-refractivity contribution in [3.8, 4) is 0 Å². The van der Waals surface area contributed by atoms with E-state index in [1.54, 1.807) is 0 Å². The summed E-state index contributed by atoms with van der Waals surface area (Å²) < 4.78 is 0. The molecule has 0 rings (SSSR count). The van der Waals surface area contributed by atoms with Crippen molar-refractivity contribution >= 4 is 11.6 Å². The van der Waals surface area contributed by atoms with Crippen LogP contribution in [0.15, 0.2) is 0 Å². The molecule has 0 heterocycles. The Bertz CT molecular complexity index is 423. The zero-order valence-electron chi connectivity index (χ0n) is 27.1. The zero-order valence-corrected chi connectivity index (χ0v) is 27.8. The highest BCUT2D eigenvalue weighted by molar-refractivity contribution is 6.18. The van der Waals surface area contributed by atoms with Crippen LogP contribution in [0, 0.1) is 16.7 Å². The molecule has 0 aromatic carbocycles. The lowest BCUT2D eigenvalue weighted by Crippen LogP contribution is -2.26. The van der Waals surface area contributed by atoms with E-state index in [0.29, 0.717) is 28.8 Å². The first-order chi connectivity index (χ1) is 14.8. The topological polar surface area (TPSA) is 35.7 Å². The van der Waals surface area contributed by atoms with Gasteiger partial charge in [-0.15, -0.1) is 11.6 Å². The van der Waals surface area contributed by atoms with Gasteiger partial charge in [-0.1, -0.05) is 48.5 Å². The lowest BCUT2D eigenvalue weighted by Gasteiger charge is -2.25. The maximum Gasteiger partial charge on any atom is 0.0376 e. The van der Waals surface area contributed by atoms with Crippen molar-refractivity contribution in [2.75, 3.05) is 54.7 Å². The van der Waals surface area contributed by atoms with E-state index >= 15 is 0 Å². The highest BCUT2D eigenvalue weighted by Gasteiger charge is 2.15. The second-order valence-electron chi connectivity index (χ2n) is 14.4. The summed E-state index contributed by atoms with van der Waals surface area (Å²) >= 11 is 5.51. The molecule has 4 nitrogen and oxygen atoms in total. The first-order valence-corrected chi connectivity index (χ1v) is 13.7. The summed E-state index contributed by atoms with van der Waals surface area (Å²) in [5, 5.41) is 0. The van der Waals surface area contributed by atoms with Gasteiger partial charge >= 0.3 is 0 Å². The molecule has 3 atom stereocenters. The van der Waals surface area contributed by atoms with Gasteiger partial charge in [-0.25, -0.2) is 0 Å². The van der Waals surface area contributed by atoms with E-state index in [0.717, 1.165) is 5.92 Å². The van der Waals surface area contributed by atoms with Crippen LogP contribution in [0.3, 0.4) is 0 Å². The number of hydrogen-bond acceptors (Lipinski definition) is 4. The third kappa shape index (κ3) is 49.3. The summed E-state index contributed by atoms with van der Waals surface area (Å²) in [5.74, 6) is 1.53. The molecule has 0 amide bonds. The Morgan fingerprint density at radius 1 is 0.676 bits per heavy atom. The molecule has 212 valence electrons. The Morgan fingerprint density at radius 3 is 1.21 bits per heavy atom. The molecule has 0 aliphatic heterocycles. The molecule has 0 spiro atoms. The van der Waals surface area contributed by atoms with Crippen LogP contribution >= 0.6 is 11.6 Å². The fourth-order valence-corrected chi connectivity index (χ4v) is 3.05. The first kappa shape index (κ1) is 41.3. The maximum absolute atomic E-state index is 5.51. The number of halogens is 1. The van der Waals surface area contributed by atoms with Crippen molar-refractivity contribution in [3.63, 3.8) is 0 Å². The minimum Gasteiger partial charge on any atom is -0.326 e. The monoisotopic (exact) mass is 509 g/mol. The first-order valence-electron chi connectivity index (χ1n) is 13.1. The van der Waals surface area contributed by atoms with Gasteiger partial charge in [0.05, 0.1) is 0 Å². The van der Waals surface area contributed by atoms with Gasteiger partial charge < -0.3 is 20.4 Å². The van der Waals surface area contributed by atoms with Crippen molar-refractivity contribution in [1.82, 2.24) is 14.7 Å². The van der Waals surface area contributed by atoms with Gasteiger partial charge in [0.2, 0.25) is 0 Å². The van der Waals surface area contributed by atoms with Crippen LogP contribution in [0.5, 0.6) is 0 Å². The molecule has 0 aromatic rings. The Hall–Kier alpha value is 0.130.